The van der Waals surface area contributed by atoms with Gasteiger partial charge in [-0.1, -0.05) is 20.8 Å². The van der Waals surface area contributed by atoms with Crippen LogP contribution in [-0.4, -0.2) is 43.1 Å². The lowest BCUT2D eigenvalue weighted by Crippen LogP contribution is -2.36. The third-order valence-electron chi connectivity index (χ3n) is 3.04. The standard InChI is InChI=1S/C15H28N4/c1-6-7-17-13-8-14(10-16-9-13)18-15(12(2)3)11-19(4)5/h8-10,12,15,17-18H,6-7,11H2,1-5H3. The zero-order valence-electron chi connectivity index (χ0n) is 12.9. The highest BCUT2D eigenvalue weighted by Crippen LogP contribution is 2.16. The smallest absolute Gasteiger partial charge is 0.0550 e. The Kier molecular flexibility index (Phi) is 6.64. The Hall–Kier alpha value is -1.29. The quantitative estimate of drug-likeness (QED) is 0.757. The molecule has 0 aliphatic heterocycles. The lowest BCUT2D eigenvalue weighted by Gasteiger charge is -2.26. The summed E-state index contributed by atoms with van der Waals surface area (Å²) >= 11 is 0. The number of pyridine rings is 1. The van der Waals surface area contributed by atoms with E-state index in [0.717, 1.165) is 30.9 Å². The van der Waals surface area contributed by atoms with Crippen LogP contribution in [0.3, 0.4) is 0 Å². The molecule has 1 aromatic rings. The number of anilines is 2. The molecule has 0 aliphatic rings. The molecular weight excluding hydrogens is 236 g/mol. The largest absolute Gasteiger partial charge is 0.384 e. The molecule has 1 unspecified atom stereocenters. The van der Waals surface area contributed by atoms with Crippen molar-refractivity contribution >= 4 is 11.4 Å². The minimum absolute atomic E-state index is 0.429. The number of aromatic nitrogens is 1. The maximum atomic E-state index is 4.29. The van der Waals surface area contributed by atoms with Crippen LogP contribution in [0.15, 0.2) is 18.5 Å². The van der Waals surface area contributed by atoms with Crippen LogP contribution in [0.4, 0.5) is 11.4 Å². The minimum Gasteiger partial charge on any atom is -0.384 e. The van der Waals surface area contributed by atoms with Gasteiger partial charge in [0.1, 0.15) is 0 Å². The highest BCUT2D eigenvalue weighted by atomic mass is 15.1. The maximum Gasteiger partial charge on any atom is 0.0550 e. The van der Waals surface area contributed by atoms with Gasteiger partial charge >= 0.3 is 0 Å². The summed E-state index contributed by atoms with van der Waals surface area (Å²) in [6.07, 6.45) is 4.88. The number of nitrogens with zero attached hydrogens (tertiary/aromatic N) is 2. The second-order valence-electron chi connectivity index (χ2n) is 5.65. The van der Waals surface area contributed by atoms with Crippen LogP contribution >= 0.6 is 0 Å². The number of hydrogen-bond donors (Lipinski definition) is 2. The minimum atomic E-state index is 0.429. The van der Waals surface area contributed by atoms with E-state index in [-0.39, 0.29) is 0 Å². The summed E-state index contributed by atoms with van der Waals surface area (Å²) in [5, 5.41) is 6.95. The van der Waals surface area contributed by atoms with Crippen LogP contribution in [0.5, 0.6) is 0 Å². The molecule has 4 nitrogen and oxygen atoms in total. The van der Waals surface area contributed by atoms with E-state index < -0.39 is 0 Å². The van der Waals surface area contributed by atoms with Crippen LogP contribution in [-0.2, 0) is 0 Å². The molecule has 0 radical (unpaired) electrons. The first-order valence-corrected chi connectivity index (χ1v) is 7.13. The Morgan fingerprint density at radius 3 is 2.47 bits per heavy atom. The third-order valence-corrected chi connectivity index (χ3v) is 3.04. The maximum absolute atomic E-state index is 4.29. The van der Waals surface area contributed by atoms with Gasteiger partial charge in [0.15, 0.2) is 0 Å². The number of rotatable bonds is 8. The van der Waals surface area contributed by atoms with E-state index in [2.05, 4.69) is 61.5 Å². The summed E-state index contributed by atoms with van der Waals surface area (Å²) in [6, 6.07) is 2.56. The van der Waals surface area contributed by atoms with Gasteiger partial charge in [-0.25, -0.2) is 0 Å². The molecule has 2 N–H and O–H groups in total. The Balaban J connectivity index is 2.67. The Labute approximate surface area is 117 Å². The normalized spacial score (nSPS) is 12.8. The zero-order valence-corrected chi connectivity index (χ0v) is 12.9. The van der Waals surface area contributed by atoms with Crippen molar-refractivity contribution in [2.75, 3.05) is 37.8 Å². The Bertz CT molecular complexity index is 363. The summed E-state index contributed by atoms with van der Waals surface area (Å²) in [5.74, 6) is 0.578. The van der Waals surface area contributed by atoms with Gasteiger partial charge in [-0.05, 0) is 32.5 Å². The fraction of sp³-hybridized carbons (Fsp3) is 0.667. The van der Waals surface area contributed by atoms with Gasteiger partial charge in [0.05, 0.1) is 23.8 Å². The van der Waals surface area contributed by atoms with Crippen molar-refractivity contribution in [3.63, 3.8) is 0 Å². The highest BCUT2D eigenvalue weighted by molar-refractivity contribution is 5.54. The van der Waals surface area contributed by atoms with E-state index >= 15 is 0 Å². The van der Waals surface area contributed by atoms with Gasteiger partial charge in [0.25, 0.3) is 0 Å². The molecule has 0 saturated carbocycles. The predicted octanol–water partition coefficient (Wildman–Crippen LogP) is 2.90. The second kappa shape index (κ2) is 8.00. The van der Waals surface area contributed by atoms with E-state index in [1.54, 1.807) is 0 Å². The summed E-state index contributed by atoms with van der Waals surface area (Å²) in [7, 11) is 4.21. The van der Waals surface area contributed by atoms with Crippen molar-refractivity contribution in [3.05, 3.63) is 18.5 Å². The Morgan fingerprint density at radius 1 is 1.21 bits per heavy atom. The number of hydrogen-bond acceptors (Lipinski definition) is 4. The first-order valence-electron chi connectivity index (χ1n) is 7.13. The molecule has 0 bridgehead atoms. The fourth-order valence-corrected chi connectivity index (χ4v) is 1.92. The summed E-state index contributed by atoms with van der Waals surface area (Å²) in [4.78, 5) is 6.50. The molecule has 1 heterocycles. The van der Waals surface area contributed by atoms with E-state index in [4.69, 9.17) is 0 Å². The number of nitrogens with one attached hydrogen (secondary N) is 2. The van der Waals surface area contributed by atoms with Crippen molar-refractivity contribution in [1.29, 1.82) is 0 Å². The first kappa shape index (κ1) is 15.8. The topological polar surface area (TPSA) is 40.2 Å². The molecule has 0 aliphatic carbocycles. The van der Waals surface area contributed by atoms with Crippen molar-refractivity contribution in [1.82, 2.24) is 9.88 Å². The monoisotopic (exact) mass is 264 g/mol. The third kappa shape index (κ3) is 5.92. The molecule has 108 valence electrons. The average molecular weight is 264 g/mol. The van der Waals surface area contributed by atoms with Crippen LogP contribution in [0.1, 0.15) is 27.2 Å². The van der Waals surface area contributed by atoms with E-state index in [9.17, 15) is 0 Å². The van der Waals surface area contributed by atoms with E-state index in [1.807, 2.05) is 12.4 Å². The van der Waals surface area contributed by atoms with Gasteiger partial charge < -0.3 is 15.5 Å². The van der Waals surface area contributed by atoms with Crippen molar-refractivity contribution in [3.8, 4) is 0 Å². The molecule has 0 aromatic carbocycles. The molecule has 1 rings (SSSR count). The van der Waals surface area contributed by atoms with Gasteiger partial charge in [-0.3, -0.25) is 4.98 Å². The van der Waals surface area contributed by atoms with Crippen LogP contribution in [0, 0.1) is 5.92 Å². The molecule has 0 amide bonds. The molecule has 0 saturated heterocycles. The lowest BCUT2D eigenvalue weighted by molar-refractivity contribution is 0.344. The highest BCUT2D eigenvalue weighted by Gasteiger charge is 2.14. The molecule has 0 spiro atoms. The SMILES string of the molecule is CCCNc1cncc(NC(CN(C)C)C(C)C)c1. The van der Waals surface area contributed by atoms with Crippen molar-refractivity contribution < 1.29 is 0 Å². The van der Waals surface area contributed by atoms with Crippen LogP contribution in [0.25, 0.3) is 0 Å². The van der Waals surface area contributed by atoms with Crippen molar-refractivity contribution in [2.24, 2.45) is 5.92 Å². The fourth-order valence-electron chi connectivity index (χ4n) is 1.92. The average Bonchev–Trinajstić information content (AvgIpc) is 2.35. The van der Waals surface area contributed by atoms with Gasteiger partial charge in [0, 0.05) is 19.1 Å². The molecule has 1 atom stereocenters. The molecule has 4 heteroatoms. The molecule has 0 fully saturated rings. The predicted molar refractivity (Wildman–Crippen MR) is 83.8 cm³/mol. The van der Waals surface area contributed by atoms with E-state index in [0.29, 0.717) is 12.0 Å². The summed E-state index contributed by atoms with van der Waals surface area (Å²) in [5.41, 5.74) is 2.17. The number of likely N-dealkylation sites (N-methyl/N-ethyl adjacent to an activating group) is 1. The second-order valence-corrected chi connectivity index (χ2v) is 5.65. The lowest BCUT2D eigenvalue weighted by atomic mass is 10.0. The molecule has 1 aromatic heterocycles. The molecular formula is C15H28N4. The van der Waals surface area contributed by atoms with Gasteiger partial charge in [-0.15, -0.1) is 0 Å². The van der Waals surface area contributed by atoms with Crippen molar-refractivity contribution in [2.45, 2.75) is 33.2 Å². The summed E-state index contributed by atoms with van der Waals surface area (Å²) < 4.78 is 0. The molecule has 19 heavy (non-hydrogen) atoms. The first-order chi connectivity index (χ1) is 9.02. The summed E-state index contributed by atoms with van der Waals surface area (Å²) in [6.45, 7) is 8.65. The van der Waals surface area contributed by atoms with Crippen LogP contribution in [0.2, 0.25) is 0 Å². The van der Waals surface area contributed by atoms with Gasteiger partial charge in [0.2, 0.25) is 0 Å². The Morgan fingerprint density at radius 2 is 1.89 bits per heavy atom. The van der Waals surface area contributed by atoms with Crippen LogP contribution < -0.4 is 10.6 Å². The zero-order chi connectivity index (χ0) is 14.3. The van der Waals surface area contributed by atoms with E-state index in [1.165, 1.54) is 0 Å². The van der Waals surface area contributed by atoms with Gasteiger partial charge in [-0.2, -0.15) is 0 Å².